The first-order chi connectivity index (χ1) is 9.97. The lowest BCUT2D eigenvalue weighted by molar-refractivity contribution is -0.135. The molecule has 5 nitrogen and oxygen atoms in total. The monoisotopic (exact) mass is 284 g/mol. The second-order valence-electron chi connectivity index (χ2n) is 4.81. The van der Waals surface area contributed by atoms with Crippen molar-refractivity contribution in [3.8, 4) is 0 Å². The number of anilines is 1. The molecular weight excluding hydrogens is 268 g/mol. The van der Waals surface area contributed by atoms with Crippen LogP contribution in [0.1, 0.15) is 21.6 Å². The summed E-state index contributed by atoms with van der Waals surface area (Å²) in [5.41, 5.74) is 2.75. The van der Waals surface area contributed by atoms with Crippen LogP contribution >= 0.6 is 0 Å². The molecule has 0 atom stereocenters. The maximum absolute atomic E-state index is 12.5. The Bertz CT molecular complexity index is 648. The molecular formula is C16H16N2O3. The first kappa shape index (κ1) is 14.7. The number of carbonyl (C=O) groups excluding carboxylic acids is 1. The molecule has 2 rings (SSSR count). The minimum Gasteiger partial charge on any atom is -0.480 e. The molecule has 0 radical (unpaired) electrons. The minimum atomic E-state index is -1.07. The van der Waals surface area contributed by atoms with Crippen molar-refractivity contribution in [1.29, 1.82) is 0 Å². The highest BCUT2D eigenvalue weighted by atomic mass is 16.4. The molecule has 0 saturated carbocycles. The Labute approximate surface area is 122 Å². The fraction of sp³-hybridized carbons (Fsp3) is 0.188. The lowest BCUT2D eigenvalue weighted by Gasteiger charge is -2.21. The van der Waals surface area contributed by atoms with Gasteiger partial charge in [-0.25, -0.2) is 0 Å². The predicted octanol–water partition coefficient (Wildman–Crippen LogP) is 2.43. The second-order valence-corrected chi connectivity index (χ2v) is 4.81. The summed E-state index contributed by atoms with van der Waals surface area (Å²) in [5.74, 6) is -1.45. The van der Waals surface area contributed by atoms with Crippen molar-refractivity contribution in [3.05, 3.63) is 59.4 Å². The zero-order chi connectivity index (χ0) is 15.4. The van der Waals surface area contributed by atoms with Gasteiger partial charge in [-0.3, -0.25) is 19.5 Å². The molecule has 1 N–H and O–H groups in total. The summed E-state index contributed by atoms with van der Waals surface area (Å²) < 4.78 is 0. The molecule has 0 bridgehead atoms. The van der Waals surface area contributed by atoms with Crippen molar-refractivity contribution >= 4 is 17.6 Å². The first-order valence-corrected chi connectivity index (χ1v) is 6.50. The summed E-state index contributed by atoms with van der Waals surface area (Å²) in [7, 11) is 0. The van der Waals surface area contributed by atoms with E-state index in [9.17, 15) is 9.59 Å². The smallest absolute Gasteiger partial charge is 0.323 e. The summed E-state index contributed by atoms with van der Waals surface area (Å²) in [6.07, 6.45) is 1.46. The Morgan fingerprint density at radius 1 is 1.10 bits per heavy atom. The number of pyridine rings is 1. The summed E-state index contributed by atoms with van der Waals surface area (Å²) in [4.78, 5) is 28.8. The molecule has 1 aromatic carbocycles. The van der Waals surface area contributed by atoms with E-state index in [2.05, 4.69) is 4.98 Å². The minimum absolute atomic E-state index is 0.363. The number of amides is 1. The quantitative estimate of drug-likeness (QED) is 0.936. The molecule has 1 aromatic heterocycles. The second kappa shape index (κ2) is 6.17. The maximum Gasteiger partial charge on any atom is 0.323 e. The van der Waals surface area contributed by atoms with Crippen LogP contribution in [-0.2, 0) is 4.79 Å². The van der Waals surface area contributed by atoms with Crippen molar-refractivity contribution in [2.45, 2.75) is 13.8 Å². The third-order valence-electron chi connectivity index (χ3n) is 3.04. The van der Waals surface area contributed by atoms with Crippen LogP contribution in [0.2, 0.25) is 0 Å². The number of rotatable bonds is 4. The maximum atomic E-state index is 12.5. The number of carboxylic acid groups (broad SMARTS) is 1. The highest BCUT2D eigenvalue weighted by Crippen LogP contribution is 2.18. The molecule has 0 fully saturated rings. The molecule has 0 saturated heterocycles. The van der Waals surface area contributed by atoms with Gasteiger partial charge in [0.15, 0.2) is 0 Å². The van der Waals surface area contributed by atoms with Crippen molar-refractivity contribution in [2.24, 2.45) is 0 Å². The van der Waals surface area contributed by atoms with Crippen LogP contribution in [0.5, 0.6) is 0 Å². The number of benzene rings is 1. The van der Waals surface area contributed by atoms with Gasteiger partial charge >= 0.3 is 5.97 Å². The van der Waals surface area contributed by atoms with Crippen molar-refractivity contribution < 1.29 is 14.7 Å². The lowest BCUT2D eigenvalue weighted by atomic mass is 10.2. The molecule has 1 amide bonds. The van der Waals surface area contributed by atoms with Gasteiger partial charge in [0, 0.05) is 17.6 Å². The lowest BCUT2D eigenvalue weighted by Crippen LogP contribution is -2.35. The SMILES string of the molecule is Cc1ccc(N(CC(=O)O)C(=O)c2ccc(C)nc2)cc1. The number of aromatic nitrogens is 1. The molecule has 0 spiro atoms. The van der Waals surface area contributed by atoms with E-state index in [4.69, 9.17) is 5.11 Å². The Balaban J connectivity index is 2.35. The molecule has 0 unspecified atom stereocenters. The van der Waals surface area contributed by atoms with Crippen molar-refractivity contribution in [3.63, 3.8) is 0 Å². The van der Waals surface area contributed by atoms with E-state index in [-0.39, 0.29) is 5.91 Å². The van der Waals surface area contributed by atoms with Crippen LogP contribution in [-0.4, -0.2) is 28.5 Å². The average Bonchev–Trinajstić information content (AvgIpc) is 2.46. The standard InChI is InChI=1S/C16H16N2O3/c1-11-3-7-14(8-4-11)18(10-15(19)20)16(21)13-6-5-12(2)17-9-13/h3-9H,10H2,1-2H3,(H,19,20). The van der Waals surface area contributed by atoms with E-state index in [0.717, 1.165) is 11.3 Å². The Morgan fingerprint density at radius 2 is 1.76 bits per heavy atom. The third-order valence-corrected chi connectivity index (χ3v) is 3.04. The van der Waals surface area contributed by atoms with Crippen LogP contribution in [0.4, 0.5) is 5.69 Å². The van der Waals surface area contributed by atoms with E-state index in [1.54, 1.807) is 24.3 Å². The number of hydrogen-bond acceptors (Lipinski definition) is 3. The molecule has 2 aromatic rings. The van der Waals surface area contributed by atoms with Gasteiger partial charge in [-0.2, -0.15) is 0 Å². The van der Waals surface area contributed by atoms with Gasteiger partial charge in [-0.1, -0.05) is 17.7 Å². The van der Waals surface area contributed by atoms with Gasteiger partial charge in [0.2, 0.25) is 0 Å². The third kappa shape index (κ3) is 3.66. The number of aliphatic carboxylic acids is 1. The molecule has 0 aliphatic rings. The largest absolute Gasteiger partial charge is 0.480 e. The molecule has 1 heterocycles. The van der Waals surface area contributed by atoms with Crippen LogP contribution in [0.3, 0.4) is 0 Å². The summed E-state index contributed by atoms with van der Waals surface area (Å²) in [6.45, 7) is 3.36. The number of carbonyl (C=O) groups is 2. The van der Waals surface area contributed by atoms with Crippen molar-refractivity contribution in [1.82, 2.24) is 4.98 Å². The Hall–Kier alpha value is -2.69. The number of carboxylic acids is 1. The number of aryl methyl sites for hydroxylation is 2. The van der Waals surface area contributed by atoms with Gasteiger partial charge in [-0.15, -0.1) is 0 Å². The van der Waals surface area contributed by atoms with E-state index < -0.39 is 12.5 Å². The summed E-state index contributed by atoms with van der Waals surface area (Å²) in [5, 5.41) is 9.03. The van der Waals surface area contributed by atoms with Gasteiger partial charge < -0.3 is 5.11 Å². The van der Waals surface area contributed by atoms with Crippen LogP contribution in [0.25, 0.3) is 0 Å². The zero-order valence-corrected chi connectivity index (χ0v) is 11.9. The highest BCUT2D eigenvalue weighted by molar-refractivity contribution is 6.08. The van der Waals surface area contributed by atoms with E-state index in [1.807, 2.05) is 26.0 Å². The number of hydrogen-bond donors (Lipinski definition) is 1. The average molecular weight is 284 g/mol. The summed E-state index contributed by atoms with van der Waals surface area (Å²) >= 11 is 0. The number of nitrogens with zero attached hydrogens (tertiary/aromatic N) is 2. The fourth-order valence-corrected chi connectivity index (χ4v) is 1.89. The molecule has 0 aliphatic carbocycles. The molecule has 108 valence electrons. The van der Waals surface area contributed by atoms with Gasteiger partial charge in [0.1, 0.15) is 6.54 Å². The topological polar surface area (TPSA) is 70.5 Å². The van der Waals surface area contributed by atoms with E-state index >= 15 is 0 Å². The first-order valence-electron chi connectivity index (χ1n) is 6.50. The van der Waals surface area contributed by atoms with Crippen molar-refractivity contribution in [2.75, 3.05) is 11.4 Å². The Kier molecular flexibility index (Phi) is 4.33. The van der Waals surface area contributed by atoms with Crippen LogP contribution in [0, 0.1) is 13.8 Å². The summed E-state index contributed by atoms with van der Waals surface area (Å²) in [6, 6.07) is 10.5. The van der Waals surface area contributed by atoms with E-state index in [1.165, 1.54) is 11.1 Å². The normalized spacial score (nSPS) is 10.2. The zero-order valence-electron chi connectivity index (χ0n) is 11.9. The van der Waals surface area contributed by atoms with Gasteiger partial charge in [0.05, 0.1) is 5.56 Å². The van der Waals surface area contributed by atoms with Gasteiger partial charge in [-0.05, 0) is 38.1 Å². The van der Waals surface area contributed by atoms with Crippen LogP contribution in [0.15, 0.2) is 42.6 Å². The molecule has 0 aliphatic heterocycles. The predicted molar refractivity (Wildman–Crippen MR) is 79.5 cm³/mol. The molecule has 5 heteroatoms. The highest BCUT2D eigenvalue weighted by Gasteiger charge is 2.20. The Morgan fingerprint density at radius 3 is 2.29 bits per heavy atom. The van der Waals surface area contributed by atoms with Gasteiger partial charge in [0.25, 0.3) is 5.91 Å². The molecule has 21 heavy (non-hydrogen) atoms. The fourth-order valence-electron chi connectivity index (χ4n) is 1.89. The van der Waals surface area contributed by atoms with E-state index in [0.29, 0.717) is 11.3 Å². The van der Waals surface area contributed by atoms with Crippen LogP contribution < -0.4 is 4.90 Å².